The number of nitro benzene ring substituents is 1. The number of benzene rings is 1. The maximum Gasteiger partial charge on any atom is 0.340 e. The Morgan fingerprint density at radius 3 is 2.50 bits per heavy atom. The van der Waals surface area contributed by atoms with Gasteiger partial charge in [0.25, 0.3) is 11.6 Å². The van der Waals surface area contributed by atoms with Gasteiger partial charge in [-0.3, -0.25) is 14.9 Å². The van der Waals surface area contributed by atoms with Crippen molar-refractivity contribution in [3.63, 3.8) is 0 Å². The van der Waals surface area contributed by atoms with Gasteiger partial charge >= 0.3 is 5.97 Å². The number of carbonyl (C=O) groups excluding carboxylic acids is 2. The number of hydrogen-bond donors (Lipinski definition) is 1. The molecule has 1 fully saturated rings. The van der Waals surface area contributed by atoms with Crippen molar-refractivity contribution < 1.29 is 19.2 Å². The van der Waals surface area contributed by atoms with Crippen molar-refractivity contribution in [2.45, 2.75) is 44.6 Å². The van der Waals surface area contributed by atoms with Crippen LogP contribution in [0.25, 0.3) is 0 Å². The fourth-order valence-electron chi connectivity index (χ4n) is 2.69. The minimum atomic E-state index is -0.786. The number of non-ortho nitro benzene ring substituents is 1. The molecular formula is C16H19ClN2O5. The zero-order valence-electron chi connectivity index (χ0n) is 13.1. The Bertz CT molecular complexity index is 627. The topological polar surface area (TPSA) is 98.5 Å². The molecule has 1 N–H and O–H groups in total. The van der Waals surface area contributed by atoms with Gasteiger partial charge in [0.1, 0.15) is 0 Å². The van der Waals surface area contributed by atoms with Gasteiger partial charge in [0.15, 0.2) is 6.61 Å². The van der Waals surface area contributed by atoms with Crippen LogP contribution < -0.4 is 5.32 Å². The number of nitro groups is 1. The molecule has 2 rings (SSSR count). The number of amides is 1. The van der Waals surface area contributed by atoms with Gasteiger partial charge in [-0.2, -0.15) is 0 Å². The van der Waals surface area contributed by atoms with Crippen molar-refractivity contribution in [1.82, 2.24) is 5.32 Å². The van der Waals surface area contributed by atoms with E-state index in [1.165, 1.54) is 18.9 Å². The monoisotopic (exact) mass is 354 g/mol. The van der Waals surface area contributed by atoms with Crippen LogP contribution in [-0.2, 0) is 9.53 Å². The third-order valence-electron chi connectivity index (χ3n) is 3.94. The molecule has 1 aliphatic carbocycles. The molecule has 130 valence electrons. The molecule has 1 amide bonds. The Kier molecular flexibility index (Phi) is 6.54. The molecule has 0 saturated heterocycles. The number of nitrogens with zero attached hydrogens (tertiary/aromatic N) is 1. The largest absolute Gasteiger partial charge is 0.452 e. The molecule has 1 aliphatic rings. The Morgan fingerprint density at radius 1 is 1.25 bits per heavy atom. The summed E-state index contributed by atoms with van der Waals surface area (Å²) in [5.41, 5.74) is -0.229. The number of carbonyl (C=O) groups is 2. The molecule has 0 atom stereocenters. The lowest BCUT2D eigenvalue weighted by molar-refractivity contribution is -0.384. The summed E-state index contributed by atoms with van der Waals surface area (Å²) in [7, 11) is 0. The lowest BCUT2D eigenvalue weighted by atomic mass is 10.1. The van der Waals surface area contributed by atoms with Gasteiger partial charge in [-0.15, -0.1) is 0 Å². The third kappa shape index (κ3) is 5.19. The van der Waals surface area contributed by atoms with Crippen molar-refractivity contribution >= 4 is 29.2 Å². The maximum atomic E-state index is 11.9. The van der Waals surface area contributed by atoms with Crippen molar-refractivity contribution in [2.75, 3.05) is 6.61 Å². The summed E-state index contributed by atoms with van der Waals surface area (Å²) in [6.07, 6.45) is 6.41. The number of ether oxygens (including phenoxy) is 1. The maximum absolute atomic E-state index is 11.9. The summed E-state index contributed by atoms with van der Waals surface area (Å²) >= 11 is 5.85. The van der Waals surface area contributed by atoms with Crippen LogP contribution in [0, 0.1) is 10.1 Å². The highest BCUT2D eigenvalue weighted by Gasteiger charge is 2.19. The fourth-order valence-corrected chi connectivity index (χ4v) is 2.94. The van der Waals surface area contributed by atoms with Crippen molar-refractivity contribution in [3.05, 3.63) is 38.9 Å². The van der Waals surface area contributed by atoms with Gasteiger partial charge in [-0.25, -0.2) is 4.79 Å². The molecule has 1 aromatic rings. The summed E-state index contributed by atoms with van der Waals surface area (Å²) in [6.45, 7) is -0.400. The minimum Gasteiger partial charge on any atom is -0.452 e. The predicted octanol–water partition coefficient (Wildman–Crippen LogP) is 3.24. The van der Waals surface area contributed by atoms with Crippen LogP contribution in [0.4, 0.5) is 5.69 Å². The van der Waals surface area contributed by atoms with Crippen LogP contribution in [0.3, 0.4) is 0 Å². The first kappa shape index (κ1) is 18.2. The summed E-state index contributed by atoms with van der Waals surface area (Å²) in [5, 5.41) is 13.4. The number of rotatable bonds is 5. The van der Waals surface area contributed by atoms with E-state index in [-0.39, 0.29) is 28.2 Å². The normalized spacial score (nSPS) is 15.4. The van der Waals surface area contributed by atoms with E-state index < -0.39 is 17.5 Å². The van der Waals surface area contributed by atoms with E-state index in [4.69, 9.17) is 16.3 Å². The van der Waals surface area contributed by atoms with Crippen LogP contribution in [0.5, 0.6) is 0 Å². The second-order valence-corrected chi connectivity index (χ2v) is 6.16. The number of hydrogen-bond acceptors (Lipinski definition) is 5. The molecule has 0 heterocycles. The van der Waals surface area contributed by atoms with E-state index in [9.17, 15) is 19.7 Å². The number of esters is 1. The highest BCUT2D eigenvalue weighted by molar-refractivity contribution is 6.33. The zero-order valence-corrected chi connectivity index (χ0v) is 13.9. The summed E-state index contributed by atoms with van der Waals surface area (Å²) in [4.78, 5) is 33.8. The first-order valence-corrected chi connectivity index (χ1v) is 8.25. The minimum absolute atomic E-state index is 0.00969. The summed E-state index contributed by atoms with van der Waals surface area (Å²) in [5.74, 6) is -1.14. The smallest absolute Gasteiger partial charge is 0.340 e. The van der Waals surface area contributed by atoms with E-state index in [0.29, 0.717) is 0 Å². The molecule has 24 heavy (non-hydrogen) atoms. The Morgan fingerprint density at radius 2 is 1.92 bits per heavy atom. The van der Waals surface area contributed by atoms with Gasteiger partial charge in [-0.05, 0) is 18.9 Å². The van der Waals surface area contributed by atoms with Crippen LogP contribution in [0.15, 0.2) is 18.2 Å². The average molecular weight is 355 g/mol. The molecule has 0 unspecified atom stereocenters. The second kappa shape index (κ2) is 8.63. The highest BCUT2D eigenvalue weighted by Crippen LogP contribution is 2.23. The third-order valence-corrected chi connectivity index (χ3v) is 4.25. The molecule has 0 bridgehead atoms. The SMILES string of the molecule is O=C(COC(=O)c1ccc([N+](=O)[O-])cc1Cl)NC1CCCCCC1. The average Bonchev–Trinajstić information content (AvgIpc) is 2.81. The van der Waals surface area contributed by atoms with Crippen LogP contribution in [-0.4, -0.2) is 29.4 Å². The van der Waals surface area contributed by atoms with Crippen LogP contribution in [0.2, 0.25) is 5.02 Å². The van der Waals surface area contributed by atoms with Crippen molar-refractivity contribution in [1.29, 1.82) is 0 Å². The lowest BCUT2D eigenvalue weighted by Crippen LogP contribution is -2.37. The van der Waals surface area contributed by atoms with E-state index in [0.717, 1.165) is 37.8 Å². The molecule has 0 spiro atoms. The molecule has 0 aliphatic heterocycles. The first-order valence-electron chi connectivity index (χ1n) is 7.88. The predicted molar refractivity (Wildman–Crippen MR) is 88.0 cm³/mol. The molecule has 1 saturated carbocycles. The standard InChI is InChI=1S/C16H19ClN2O5/c17-14-9-12(19(22)23)7-8-13(14)16(21)24-10-15(20)18-11-5-3-1-2-4-6-11/h7-9,11H,1-6,10H2,(H,18,20). The molecule has 0 aromatic heterocycles. The van der Waals surface area contributed by atoms with Crippen molar-refractivity contribution in [3.8, 4) is 0 Å². The van der Waals surface area contributed by atoms with Gasteiger partial charge in [-0.1, -0.05) is 37.3 Å². The quantitative estimate of drug-likeness (QED) is 0.379. The highest BCUT2D eigenvalue weighted by atomic mass is 35.5. The molecule has 0 radical (unpaired) electrons. The van der Waals surface area contributed by atoms with Gasteiger partial charge in [0.05, 0.1) is 15.5 Å². The van der Waals surface area contributed by atoms with Gasteiger partial charge < -0.3 is 10.1 Å². The van der Waals surface area contributed by atoms with E-state index in [2.05, 4.69) is 5.32 Å². The number of nitrogens with one attached hydrogen (secondary N) is 1. The molecule has 8 heteroatoms. The van der Waals surface area contributed by atoms with Crippen LogP contribution >= 0.6 is 11.6 Å². The van der Waals surface area contributed by atoms with E-state index in [1.54, 1.807) is 0 Å². The summed E-state index contributed by atoms with van der Waals surface area (Å²) < 4.78 is 4.94. The Labute approximate surface area is 144 Å². The Hall–Kier alpha value is -2.15. The molecule has 1 aromatic carbocycles. The molecule has 7 nitrogen and oxygen atoms in total. The first-order chi connectivity index (χ1) is 11.5. The molecular weight excluding hydrogens is 336 g/mol. The van der Waals surface area contributed by atoms with Gasteiger partial charge in [0.2, 0.25) is 0 Å². The zero-order chi connectivity index (χ0) is 17.5. The summed E-state index contributed by atoms with van der Waals surface area (Å²) in [6, 6.07) is 3.57. The van der Waals surface area contributed by atoms with Crippen LogP contribution in [0.1, 0.15) is 48.9 Å². The fraction of sp³-hybridized carbons (Fsp3) is 0.500. The Balaban J connectivity index is 1.86. The van der Waals surface area contributed by atoms with E-state index >= 15 is 0 Å². The second-order valence-electron chi connectivity index (χ2n) is 5.75. The number of halogens is 1. The van der Waals surface area contributed by atoms with Gasteiger partial charge in [0, 0.05) is 18.2 Å². The van der Waals surface area contributed by atoms with E-state index in [1.807, 2.05) is 0 Å². The van der Waals surface area contributed by atoms with Crippen molar-refractivity contribution in [2.24, 2.45) is 0 Å². The lowest BCUT2D eigenvalue weighted by Gasteiger charge is -2.16.